The van der Waals surface area contributed by atoms with E-state index in [1.165, 1.54) is 30.4 Å². The molecule has 1 aliphatic heterocycles. The van der Waals surface area contributed by atoms with Crippen LogP contribution in [0.2, 0.25) is 0 Å². The van der Waals surface area contributed by atoms with Crippen molar-refractivity contribution in [2.45, 2.75) is 25.3 Å². The Morgan fingerprint density at radius 1 is 0.826 bits per heavy atom. The summed E-state index contributed by atoms with van der Waals surface area (Å²) in [6.07, 6.45) is 3.67. The molecule has 2 nitrogen and oxygen atoms in total. The smallest absolute Gasteiger partial charge is 0.123 e. The molecule has 4 rings (SSSR count). The number of anilines is 1. The number of nitrogens with zero attached hydrogens (tertiary/aromatic N) is 2. The first kappa shape index (κ1) is 14.7. The lowest BCUT2D eigenvalue weighted by Gasteiger charge is -2.42. The number of aryl methyl sites for hydroxylation is 1. The maximum atomic E-state index is 13.1. The van der Waals surface area contributed by atoms with Crippen molar-refractivity contribution in [3.63, 3.8) is 0 Å². The van der Waals surface area contributed by atoms with E-state index in [0.717, 1.165) is 31.9 Å². The summed E-state index contributed by atoms with van der Waals surface area (Å²) in [6.45, 7) is 4.27. The molecular formula is C20H23FN2. The van der Waals surface area contributed by atoms with Crippen LogP contribution < -0.4 is 4.90 Å². The lowest BCUT2D eigenvalue weighted by atomic mass is 9.87. The van der Waals surface area contributed by atoms with Crippen LogP contribution in [0.3, 0.4) is 0 Å². The second-order valence-corrected chi connectivity index (χ2v) is 6.66. The predicted molar refractivity (Wildman–Crippen MR) is 92.4 cm³/mol. The van der Waals surface area contributed by atoms with Gasteiger partial charge in [0.25, 0.3) is 0 Å². The number of hydrogen-bond acceptors (Lipinski definition) is 2. The molecule has 1 saturated heterocycles. The normalized spacial score (nSPS) is 22.0. The van der Waals surface area contributed by atoms with Gasteiger partial charge in [0.2, 0.25) is 0 Å². The SMILES string of the molecule is Fc1ccc(N2CCN([C@H]3CCc4ccccc4C3)CC2)cc1. The van der Waals surface area contributed by atoms with Crippen LogP contribution >= 0.6 is 0 Å². The van der Waals surface area contributed by atoms with E-state index in [-0.39, 0.29) is 5.82 Å². The van der Waals surface area contributed by atoms with Gasteiger partial charge >= 0.3 is 0 Å². The van der Waals surface area contributed by atoms with E-state index in [1.807, 2.05) is 12.1 Å². The van der Waals surface area contributed by atoms with Gasteiger partial charge < -0.3 is 4.90 Å². The van der Waals surface area contributed by atoms with Crippen molar-refractivity contribution in [2.24, 2.45) is 0 Å². The Balaban J connectivity index is 1.38. The first-order valence-corrected chi connectivity index (χ1v) is 8.61. The van der Waals surface area contributed by atoms with Gasteiger partial charge in [0.1, 0.15) is 5.82 Å². The number of rotatable bonds is 2. The zero-order valence-electron chi connectivity index (χ0n) is 13.4. The van der Waals surface area contributed by atoms with E-state index in [1.54, 1.807) is 12.1 Å². The van der Waals surface area contributed by atoms with Gasteiger partial charge in [-0.1, -0.05) is 24.3 Å². The van der Waals surface area contributed by atoms with Gasteiger partial charge in [0.05, 0.1) is 0 Å². The van der Waals surface area contributed by atoms with E-state index >= 15 is 0 Å². The Morgan fingerprint density at radius 2 is 1.52 bits per heavy atom. The Kier molecular flexibility index (Phi) is 4.04. The monoisotopic (exact) mass is 310 g/mol. The quantitative estimate of drug-likeness (QED) is 0.837. The molecule has 0 radical (unpaired) electrons. The number of hydrogen-bond donors (Lipinski definition) is 0. The van der Waals surface area contributed by atoms with E-state index in [2.05, 4.69) is 34.1 Å². The third-order valence-corrected chi connectivity index (χ3v) is 5.34. The lowest BCUT2D eigenvalue weighted by Crippen LogP contribution is -2.51. The summed E-state index contributed by atoms with van der Waals surface area (Å²) in [7, 11) is 0. The zero-order chi connectivity index (χ0) is 15.6. The van der Waals surface area contributed by atoms with Gasteiger partial charge in [-0.25, -0.2) is 4.39 Å². The minimum Gasteiger partial charge on any atom is -0.369 e. The van der Waals surface area contributed by atoms with Crippen LogP contribution in [-0.2, 0) is 12.8 Å². The summed E-state index contributed by atoms with van der Waals surface area (Å²) < 4.78 is 13.1. The minimum absolute atomic E-state index is 0.159. The first-order valence-electron chi connectivity index (χ1n) is 8.61. The highest BCUT2D eigenvalue weighted by atomic mass is 19.1. The molecule has 3 heteroatoms. The maximum absolute atomic E-state index is 13.1. The second-order valence-electron chi connectivity index (χ2n) is 6.66. The molecule has 2 aromatic rings. The molecule has 0 spiro atoms. The van der Waals surface area contributed by atoms with Gasteiger partial charge in [0, 0.05) is 37.9 Å². The van der Waals surface area contributed by atoms with E-state index in [4.69, 9.17) is 0 Å². The van der Waals surface area contributed by atoms with Crippen LogP contribution in [0.25, 0.3) is 0 Å². The highest BCUT2D eigenvalue weighted by Gasteiger charge is 2.27. The van der Waals surface area contributed by atoms with Crippen LogP contribution in [0.1, 0.15) is 17.5 Å². The van der Waals surface area contributed by atoms with Gasteiger partial charge in [-0.05, 0) is 54.7 Å². The second kappa shape index (κ2) is 6.32. The summed E-state index contributed by atoms with van der Waals surface area (Å²) >= 11 is 0. The molecule has 0 unspecified atom stereocenters. The largest absolute Gasteiger partial charge is 0.369 e. The van der Waals surface area contributed by atoms with Gasteiger partial charge in [-0.3, -0.25) is 4.90 Å². The highest BCUT2D eigenvalue weighted by molar-refractivity contribution is 5.46. The number of fused-ring (bicyclic) bond motifs is 1. The summed E-state index contributed by atoms with van der Waals surface area (Å²) in [5, 5.41) is 0. The van der Waals surface area contributed by atoms with E-state index in [0.29, 0.717) is 6.04 Å². The molecule has 1 atom stereocenters. The molecule has 0 bridgehead atoms. The van der Waals surface area contributed by atoms with Crippen LogP contribution in [0.15, 0.2) is 48.5 Å². The van der Waals surface area contributed by atoms with Crippen molar-refractivity contribution in [2.75, 3.05) is 31.1 Å². The Hall–Kier alpha value is -1.87. The lowest BCUT2D eigenvalue weighted by molar-refractivity contribution is 0.170. The van der Waals surface area contributed by atoms with Gasteiger partial charge in [0.15, 0.2) is 0 Å². The summed E-state index contributed by atoms with van der Waals surface area (Å²) in [5.74, 6) is -0.159. The van der Waals surface area contributed by atoms with Gasteiger partial charge in [-0.15, -0.1) is 0 Å². The number of piperazine rings is 1. The van der Waals surface area contributed by atoms with Crippen molar-refractivity contribution in [1.29, 1.82) is 0 Å². The average molecular weight is 310 g/mol. The fourth-order valence-electron chi connectivity index (χ4n) is 3.99. The van der Waals surface area contributed by atoms with Crippen LogP contribution in [0.4, 0.5) is 10.1 Å². The highest BCUT2D eigenvalue weighted by Crippen LogP contribution is 2.26. The summed E-state index contributed by atoms with van der Waals surface area (Å²) in [4.78, 5) is 5.02. The van der Waals surface area contributed by atoms with Gasteiger partial charge in [-0.2, -0.15) is 0 Å². The average Bonchev–Trinajstić information content (AvgIpc) is 2.62. The van der Waals surface area contributed by atoms with Crippen LogP contribution in [-0.4, -0.2) is 37.1 Å². The number of halogens is 1. The molecule has 0 saturated carbocycles. The number of benzene rings is 2. The third kappa shape index (κ3) is 3.11. The topological polar surface area (TPSA) is 6.48 Å². The summed E-state index contributed by atoms with van der Waals surface area (Å²) in [6, 6.07) is 16.5. The minimum atomic E-state index is -0.159. The van der Waals surface area contributed by atoms with Crippen molar-refractivity contribution >= 4 is 5.69 Å². The fourth-order valence-corrected chi connectivity index (χ4v) is 3.99. The molecule has 0 aromatic heterocycles. The molecule has 120 valence electrons. The standard InChI is InChI=1S/C20H23FN2/c21-18-6-9-19(10-7-18)22-11-13-23(14-12-22)20-8-5-16-3-1-2-4-17(16)15-20/h1-4,6-7,9-10,20H,5,8,11-15H2/t20-/m0/s1. The Morgan fingerprint density at radius 3 is 2.26 bits per heavy atom. The molecule has 0 N–H and O–H groups in total. The van der Waals surface area contributed by atoms with E-state index in [9.17, 15) is 4.39 Å². The third-order valence-electron chi connectivity index (χ3n) is 5.34. The molecule has 2 aliphatic rings. The molecular weight excluding hydrogens is 287 g/mol. The molecule has 2 aromatic carbocycles. The van der Waals surface area contributed by atoms with Crippen molar-refractivity contribution in [1.82, 2.24) is 4.90 Å². The van der Waals surface area contributed by atoms with Crippen molar-refractivity contribution in [3.05, 3.63) is 65.5 Å². The van der Waals surface area contributed by atoms with E-state index < -0.39 is 0 Å². The zero-order valence-corrected chi connectivity index (χ0v) is 13.4. The molecule has 1 heterocycles. The van der Waals surface area contributed by atoms with Crippen LogP contribution in [0.5, 0.6) is 0 Å². The molecule has 23 heavy (non-hydrogen) atoms. The summed E-state index contributed by atoms with van der Waals surface area (Å²) in [5.41, 5.74) is 4.21. The van der Waals surface area contributed by atoms with Crippen molar-refractivity contribution in [3.8, 4) is 0 Å². The molecule has 1 fully saturated rings. The Bertz CT molecular complexity index is 660. The Labute approximate surface area is 137 Å². The molecule has 0 amide bonds. The molecule has 1 aliphatic carbocycles. The predicted octanol–water partition coefficient (Wildman–Crippen LogP) is 3.51. The fraction of sp³-hybridized carbons (Fsp3) is 0.400. The first-order chi connectivity index (χ1) is 11.3. The maximum Gasteiger partial charge on any atom is 0.123 e. The van der Waals surface area contributed by atoms with Crippen LogP contribution in [0, 0.1) is 5.82 Å². The van der Waals surface area contributed by atoms with Crippen molar-refractivity contribution < 1.29 is 4.39 Å².